The topological polar surface area (TPSA) is 75.5 Å². The second kappa shape index (κ2) is 11.8. The lowest BCUT2D eigenvalue weighted by Crippen LogP contribution is -2.15. The fourth-order valence-corrected chi connectivity index (χ4v) is 6.78. The first kappa shape index (κ1) is 28.5. The Bertz CT molecular complexity index is 2420. The first-order valence-electron chi connectivity index (χ1n) is 16.3. The number of benzene rings is 4. The van der Waals surface area contributed by atoms with E-state index in [2.05, 4.69) is 97.1 Å². The molecular weight excluding hydrogens is 599 g/mol. The molecule has 0 saturated heterocycles. The van der Waals surface area contributed by atoms with Gasteiger partial charge in [0.25, 0.3) is 0 Å². The van der Waals surface area contributed by atoms with Crippen LogP contribution in [-0.4, -0.2) is 22.8 Å². The van der Waals surface area contributed by atoms with Gasteiger partial charge in [-0.3, -0.25) is 0 Å². The fraction of sp³-hybridized carbons (Fsp3) is 0. The van der Waals surface area contributed by atoms with Crippen molar-refractivity contribution in [3.63, 3.8) is 0 Å². The largest absolute Gasteiger partial charge is 0.395 e. The Morgan fingerprint density at radius 1 is 0.388 bits per heavy atom. The molecule has 0 aliphatic carbocycles. The van der Waals surface area contributed by atoms with Crippen molar-refractivity contribution >= 4 is 45.1 Å². The zero-order chi connectivity index (χ0) is 32.7. The third kappa shape index (κ3) is 5.14. The van der Waals surface area contributed by atoms with Crippen LogP contribution in [-0.2, 0) is 0 Å². The second-order valence-electron chi connectivity index (χ2n) is 12.1. The molecular formula is C44H29N5. The van der Waals surface area contributed by atoms with Gasteiger partial charge in [0.2, 0.25) is 0 Å². The molecule has 5 aliphatic rings. The van der Waals surface area contributed by atoms with Crippen molar-refractivity contribution in [2.45, 2.75) is 0 Å². The number of fused-ring (bicyclic) bond motifs is 4. The van der Waals surface area contributed by atoms with Crippen molar-refractivity contribution < 1.29 is 0 Å². The molecule has 4 aromatic carbocycles. The zero-order valence-corrected chi connectivity index (χ0v) is 26.5. The van der Waals surface area contributed by atoms with E-state index in [1.54, 1.807) is 0 Å². The van der Waals surface area contributed by atoms with E-state index in [-0.39, 0.29) is 0 Å². The molecule has 5 nitrogen and oxygen atoms in total. The lowest BCUT2D eigenvalue weighted by molar-refractivity contribution is 1.31. The predicted molar refractivity (Wildman–Crippen MR) is 203 cm³/mol. The molecule has 230 valence electrons. The van der Waals surface area contributed by atoms with E-state index in [9.17, 15) is 0 Å². The van der Waals surface area contributed by atoms with Crippen LogP contribution in [0.15, 0.2) is 212 Å². The first-order chi connectivity index (χ1) is 24.2. The zero-order valence-electron chi connectivity index (χ0n) is 26.5. The van der Waals surface area contributed by atoms with Crippen LogP contribution < -0.4 is 5.73 Å². The van der Waals surface area contributed by atoms with E-state index in [4.69, 9.17) is 25.7 Å². The highest BCUT2D eigenvalue weighted by molar-refractivity contribution is 6.44. The van der Waals surface area contributed by atoms with E-state index in [0.717, 1.165) is 78.8 Å². The van der Waals surface area contributed by atoms with E-state index in [1.165, 1.54) is 0 Å². The van der Waals surface area contributed by atoms with E-state index in [0.29, 0.717) is 17.1 Å². The Balaban J connectivity index is 1.40. The average Bonchev–Trinajstić information content (AvgIpc) is 3.95. The maximum atomic E-state index is 7.42. The van der Waals surface area contributed by atoms with E-state index >= 15 is 0 Å². The molecule has 0 spiro atoms. The van der Waals surface area contributed by atoms with Crippen LogP contribution in [0.4, 0.5) is 0 Å². The average molecular weight is 628 g/mol. The lowest BCUT2D eigenvalue weighted by Gasteiger charge is -2.15. The van der Waals surface area contributed by atoms with Gasteiger partial charge < -0.3 is 5.73 Å². The van der Waals surface area contributed by atoms with Crippen molar-refractivity contribution in [3.8, 4) is 0 Å². The number of rotatable bonds is 4. The number of hydrogen-bond donors (Lipinski definition) is 1. The molecule has 9 rings (SSSR count). The molecule has 5 heterocycles. The third-order valence-electron chi connectivity index (χ3n) is 8.94. The van der Waals surface area contributed by atoms with Gasteiger partial charge in [-0.05, 0) is 64.8 Å². The quantitative estimate of drug-likeness (QED) is 0.241. The molecule has 0 radical (unpaired) electrons. The summed E-state index contributed by atoms with van der Waals surface area (Å²) in [6.07, 6.45) is 14.1. The first-order valence-corrected chi connectivity index (χ1v) is 16.3. The third-order valence-corrected chi connectivity index (χ3v) is 8.94. The second-order valence-corrected chi connectivity index (χ2v) is 12.1. The van der Waals surface area contributed by atoms with Crippen LogP contribution in [0.5, 0.6) is 0 Å². The van der Waals surface area contributed by atoms with Crippen LogP contribution in [0.3, 0.4) is 0 Å². The van der Waals surface area contributed by atoms with Crippen molar-refractivity contribution in [2.24, 2.45) is 25.7 Å². The highest BCUT2D eigenvalue weighted by Crippen LogP contribution is 2.45. The summed E-state index contributed by atoms with van der Waals surface area (Å²) in [4.78, 5) is 20.6. The van der Waals surface area contributed by atoms with Gasteiger partial charge in [0, 0.05) is 22.3 Å². The number of allylic oxidation sites excluding steroid dienone is 11. The molecule has 0 atom stereocenters. The van der Waals surface area contributed by atoms with E-state index < -0.39 is 0 Å². The fourth-order valence-electron chi connectivity index (χ4n) is 6.78. The monoisotopic (exact) mass is 627 g/mol. The number of hydrogen-bond acceptors (Lipinski definition) is 5. The highest BCUT2D eigenvalue weighted by atomic mass is 14.9. The number of aliphatic imine (C=N–C) groups is 4. The molecule has 2 N–H and O–H groups in total. The summed E-state index contributed by atoms with van der Waals surface area (Å²) in [6.45, 7) is 0. The van der Waals surface area contributed by atoms with Crippen molar-refractivity contribution in [2.75, 3.05) is 0 Å². The Morgan fingerprint density at radius 3 is 1.43 bits per heavy atom. The summed E-state index contributed by atoms with van der Waals surface area (Å²) in [6, 6.07) is 41.5. The van der Waals surface area contributed by atoms with Crippen LogP contribution in [0, 0.1) is 0 Å². The van der Waals surface area contributed by atoms with Gasteiger partial charge in [-0.2, -0.15) is 0 Å². The minimum Gasteiger partial charge on any atom is -0.395 e. The molecule has 5 aliphatic heterocycles. The molecule has 49 heavy (non-hydrogen) atoms. The van der Waals surface area contributed by atoms with Crippen molar-refractivity contribution in [3.05, 3.63) is 215 Å². The Morgan fingerprint density at radius 2 is 0.857 bits per heavy atom. The summed E-state index contributed by atoms with van der Waals surface area (Å²) in [5.74, 6) is 0. The maximum absolute atomic E-state index is 7.42. The molecule has 0 unspecified atom stereocenters. The van der Waals surface area contributed by atoms with Crippen molar-refractivity contribution in [1.29, 1.82) is 0 Å². The maximum Gasteiger partial charge on any atom is 0.0974 e. The normalized spacial score (nSPS) is 17.9. The standard InChI is InChI=1S/C44H29N5/c45-42-43-40(30-17-9-3-10-18-30)38(28-13-5-1-6-14-28)36(48-43)26-34-23-21-32(46-34)25-33-22-24-35(47-33)27-37-39(29-15-7-2-8-16-29)41(44(42)49-37)31-19-11-4-12-20-31/h1-27H,45H2. The smallest absolute Gasteiger partial charge is 0.0974 e. The van der Waals surface area contributed by atoms with Gasteiger partial charge in [-0.1, -0.05) is 121 Å². The van der Waals surface area contributed by atoms with Gasteiger partial charge >= 0.3 is 0 Å². The molecule has 4 aromatic rings. The lowest BCUT2D eigenvalue weighted by atomic mass is 9.88. The number of nitrogens with zero attached hydrogens (tertiary/aromatic N) is 4. The SMILES string of the molecule is NC1=C2N=C(C=C3C=CC(=N3)C=C3C=CC(=N3)C=C3N=C1C(c1ccccc1)=C3c1ccccc1)C(c1ccccc1)=C2c1ccccc1. The van der Waals surface area contributed by atoms with Crippen LogP contribution in [0.1, 0.15) is 22.3 Å². The van der Waals surface area contributed by atoms with Gasteiger partial charge in [0.15, 0.2) is 0 Å². The van der Waals surface area contributed by atoms with Crippen LogP contribution in [0.2, 0.25) is 0 Å². The molecule has 8 bridgehead atoms. The van der Waals surface area contributed by atoms with Gasteiger partial charge in [-0.15, -0.1) is 0 Å². The van der Waals surface area contributed by atoms with Gasteiger partial charge in [0.05, 0.1) is 51.3 Å². The summed E-state index contributed by atoms with van der Waals surface area (Å²) >= 11 is 0. The Labute approximate surface area is 284 Å². The Kier molecular flexibility index (Phi) is 6.87. The predicted octanol–water partition coefficient (Wildman–Crippen LogP) is 8.97. The molecule has 5 heteroatoms. The molecule has 0 aromatic heterocycles. The highest BCUT2D eigenvalue weighted by Gasteiger charge is 2.34. The van der Waals surface area contributed by atoms with Gasteiger partial charge in [-0.25, -0.2) is 20.0 Å². The minimum atomic E-state index is 0.499. The summed E-state index contributed by atoms with van der Waals surface area (Å²) in [5, 5.41) is 0. The molecule has 0 fully saturated rings. The summed E-state index contributed by atoms with van der Waals surface area (Å²) in [5.41, 5.74) is 22.1. The molecule has 0 amide bonds. The Hall–Kier alpha value is -6.72. The summed E-state index contributed by atoms with van der Waals surface area (Å²) < 4.78 is 0. The van der Waals surface area contributed by atoms with Crippen molar-refractivity contribution in [1.82, 2.24) is 0 Å². The summed E-state index contributed by atoms with van der Waals surface area (Å²) in [7, 11) is 0. The number of nitrogens with two attached hydrogens (primary N) is 1. The molecule has 0 saturated carbocycles. The minimum absolute atomic E-state index is 0.499. The van der Waals surface area contributed by atoms with Gasteiger partial charge in [0.1, 0.15) is 0 Å². The van der Waals surface area contributed by atoms with E-state index in [1.807, 2.05) is 66.8 Å². The van der Waals surface area contributed by atoms with Crippen LogP contribution >= 0.6 is 0 Å². The van der Waals surface area contributed by atoms with Crippen LogP contribution in [0.25, 0.3) is 22.3 Å².